The van der Waals surface area contributed by atoms with E-state index in [9.17, 15) is 4.79 Å². The maximum atomic E-state index is 12.2. The van der Waals surface area contributed by atoms with Crippen LogP contribution in [0.5, 0.6) is 0 Å². The van der Waals surface area contributed by atoms with E-state index in [1.165, 1.54) is 0 Å². The van der Waals surface area contributed by atoms with Gasteiger partial charge in [0.25, 0.3) is 0 Å². The molecule has 0 saturated heterocycles. The summed E-state index contributed by atoms with van der Waals surface area (Å²) < 4.78 is 1.03. The number of carbonyl (C=O) groups excluding carboxylic acids is 1. The molecule has 1 unspecified atom stereocenters. The van der Waals surface area contributed by atoms with Gasteiger partial charge in [-0.25, -0.2) is 0 Å². The Bertz CT molecular complexity index is 457. The molecule has 19 heavy (non-hydrogen) atoms. The summed E-state index contributed by atoms with van der Waals surface area (Å²) in [6.07, 6.45) is 0.747. The minimum Gasteiger partial charge on any atom is -0.330 e. The molecular weight excluding hydrogens is 375 g/mol. The van der Waals surface area contributed by atoms with Crippen LogP contribution in [-0.2, 0) is 4.79 Å². The van der Waals surface area contributed by atoms with Gasteiger partial charge in [-0.3, -0.25) is 4.79 Å². The first-order valence-electron chi connectivity index (χ1n) is 6.19. The third-order valence-electron chi connectivity index (χ3n) is 2.70. The molecule has 1 aromatic carbocycles. The largest absolute Gasteiger partial charge is 0.330 e. The van der Waals surface area contributed by atoms with Crippen molar-refractivity contribution in [2.24, 2.45) is 17.1 Å². The second-order valence-corrected chi connectivity index (χ2v) is 7.46. The van der Waals surface area contributed by atoms with Gasteiger partial charge >= 0.3 is 0 Å². The van der Waals surface area contributed by atoms with Gasteiger partial charge in [-0.2, -0.15) is 0 Å². The molecule has 0 radical (unpaired) electrons. The van der Waals surface area contributed by atoms with Gasteiger partial charge in [-0.15, -0.1) is 0 Å². The average Bonchev–Trinajstić information content (AvgIpc) is 2.28. The van der Waals surface area contributed by atoms with E-state index in [4.69, 9.17) is 17.3 Å². The summed E-state index contributed by atoms with van der Waals surface area (Å²) in [5.74, 6) is -0.268. The van der Waals surface area contributed by atoms with Crippen molar-refractivity contribution in [3.05, 3.63) is 26.8 Å². The Balaban J connectivity index is 2.77. The summed E-state index contributed by atoms with van der Waals surface area (Å²) >= 11 is 8.28. The Kier molecular flexibility index (Phi) is 6.08. The first-order chi connectivity index (χ1) is 8.73. The molecule has 1 rings (SSSR count). The van der Waals surface area contributed by atoms with E-state index in [-0.39, 0.29) is 17.2 Å². The number of hydrogen-bond donors (Lipinski definition) is 2. The summed E-state index contributed by atoms with van der Waals surface area (Å²) in [6.45, 7) is 6.63. The van der Waals surface area contributed by atoms with Crippen molar-refractivity contribution in [2.75, 3.05) is 11.9 Å². The Labute approximate surface area is 133 Å². The molecule has 3 nitrogen and oxygen atoms in total. The lowest BCUT2D eigenvalue weighted by Gasteiger charge is -2.24. The average molecular weight is 395 g/mol. The molecule has 5 heteroatoms. The van der Waals surface area contributed by atoms with E-state index in [0.29, 0.717) is 17.3 Å². The fourth-order valence-corrected chi connectivity index (χ4v) is 2.75. The number of halogens is 2. The van der Waals surface area contributed by atoms with Crippen LogP contribution in [0.4, 0.5) is 5.69 Å². The van der Waals surface area contributed by atoms with Crippen LogP contribution in [0.2, 0.25) is 5.02 Å². The number of carbonyl (C=O) groups is 1. The minimum atomic E-state index is -0.199. The van der Waals surface area contributed by atoms with E-state index in [0.717, 1.165) is 9.99 Å². The second kappa shape index (κ2) is 6.90. The predicted octanol–water partition coefficient (Wildman–Crippen LogP) is 3.89. The molecule has 0 aliphatic carbocycles. The van der Waals surface area contributed by atoms with Gasteiger partial charge in [0.15, 0.2) is 0 Å². The summed E-state index contributed by atoms with van der Waals surface area (Å²) in [6, 6.07) is 5.54. The summed E-state index contributed by atoms with van der Waals surface area (Å²) in [5, 5.41) is 3.40. The highest BCUT2D eigenvalue weighted by atomic mass is 127. The molecule has 0 bridgehead atoms. The third kappa shape index (κ3) is 5.67. The fourth-order valence-electron chi connectivity index (χ4n) is 1.85. The standard InChI is InChI=1S/C14H20ClIN2O/c1-14(2,3)7-9(8-17)13(19)18-12-5-4-10(16)6-11(12)15/h4-6,9H,7-8,17H2,1-3H3,(H,18,19). The Hall–Kier alpha value is -0.330. The molecule has 0 aliphatic heterocycles. The number of anilines is 1. The third-order valence-corrected chi connectivity index (χ3v) is 3.69. The maximum Gasteiger partial charge on any atom is 0.228 e. The van der Waals surface area contributed by atoms with Crippen molar-refractivity contribution >= 4 is 45.8 Å². The molecule has 3 N–H and O–H groups in total. The Morgan fingerprint density at radius 3 is 2.58 bits per heavy atom. The SMILES string of the molecule is CC(C)(C)CC(CN)C(=O)Nc1ccc(I)cc1Cl. The highest BCUT2D eigenvalue weighted by Gasteiger charge is 2.24. The summed E-state index contributed by atoms with van der Waals surface area (Å²) in [7, 11) is 0. The second-order valence-electron chi connectivity index (χ2n) is 5.81. The van der Waals surface area contributed by atoms with Crippen LogP contribution in [0.25, 0.3) is 0 Å². The van der Waals surface area contributed by atoms with Crippen molar-refractivity contribution in [1.82, 2.24) is 0 Å². The van der Waals surface area contributed by atoms with E-state index >= 15 is 0 Å². The highest BCUT2D eigenvalue weighted by molar-refractivity contribution is 14.1. The van der Waals surface area contributed by atoms with Crippen molar-refractivity contribution in [2.45, 2.75) is 27.2 Å². The Morgan fingerprint density at radius 1 is 1.47 bits per heavy atom. The molecule has 0 saturated carbocycles. The van der Waals surface area contributed by atoms with Gasteiger partial charge < -0.3 is 11.1 Å². The van der Waals surface area contributed by atoms with Crippen LogP contribution in [-0.4, -0.2) is 12.5 Å². The van der Waals surface area contributed by atoms with Crippen LogP contribution in [0.1, 0.15) is 27.2 Å². The smallest absolute Gasteiger partial charge is 0.228 e. The maximum absolute atomic E-state index is 12.2. The number of benzene rings is 1. The molecule has 1 aromatic rings. The molecular formula is C14H20ClIN2O. The van der Waals surface area contributed by atoms with E-state index in [1.807, 2.05) is 18.2 Å². The lowest BCUT2D eigenvalue weighted by molar-refractivity contribution is -0.120. The van der Waals surface area contributed by atoms with Gasteiger partial charge in [0.05, 0.1) is 16.6 Å². The molecule has 106 valence electrons. The molecule has 0 spiro atoms. The van der Waals surface area contributed by atoms with E-state index in [1.54, 1.807) is 0 Å². The lowest BCUT2D eigenvalue weighted by atomic mass is 9.84. The van der Waals surface area contributed by atoms with Crippen LogP contribution < -0.4 is 11.1 Å². The van der Waals surface area contributed by atoms with Crippen LogP contribution in [0.3, 0.4) is 0 Å². The summed E-state index contributed by atoms with van der Waals surface area (Å²) in [4.78, 5) is 12.2. The van der Waals surface area contributed by atoms with Crippen LogP contribution in [0, 0.1) is 14.9 Å². The number of nitrogens with one attached hydrogen (secondary N) is 1. The van der Waals surface area contributed by atoms with Crippen molar-refractivity contribution in [3.8, 4) is 0 Å². The first-order valence-corrected chi connectivity index (χ1v) is 7.64. The highest BCUT2D eigenvalue weighted by Crippen LogP contribution is 2.27. The predicted molar refractivity (Wildman–Crippen MR) is 89.4 cm³/mol. The summed E-state index contributed by atoms with van der Waals surface area (Å²) in [5.41, 5.74) is 6.41. The molecule has 0 aromatic heterocycles. The monoisotopic (exact) mass is 394 g/mol. The van der Waals surface area contributed by atoms with Crippen molar-refractivity contribution < 1.29 is 4.79 Å². The first kappa shape index (κ1) is 16.7. The van der Waals surface area contributed by atoms with Crippen LogP contribution >= 0.6 is 34.2 Å². The number of rotatable bonds is 4. The number of nitrogens with two attached hydrogens (primary N) is 1. The van der Waals surface area contributed by atoms with Crippen molar-refractivity contribution in [3.63, 3.8) is 0 Å². The minimum absolute atomic E-state index is 0.0667. The molecule has 1 atom stereocenters. The van der Waals surface area contributed by atoms with Gasteiger partial charge in [-0.1, -0.05) is 32.4 Å². The topological polar surface area (TPSA) is 55.1 Å². The quantitative estimate of drug-likeness (QED) is 0.761. The van der Waals surface area contributed by atoms with E-state index < -0.39 is 0 Å². The molecule has 1 amide bonds. The van der Waals surface area contributed by atoms with Gasteiger partial charge in [0.2, 0.25) is 5.91 Å². The normalized spacial score (nSPS) is 13.2. The number of hydrogen-bond acceptors (Lipinski definition) is 2. The van der Waals surface area contributed by atoms with Gasteiger partial charge in [0, 0.05) is 10.1 Å². The van der Waals surface area contributed by atoms with Gasteiger partial charge in [0.1, 0.15) is 0 Å². The zero-order chi connectivity index (χ0) is 14.6. The number of amides is 1. The molecule has 0 heterocycles. The Morgan fingerprint density at radius 2 is 2.11 bits per heavy atom. The fraction of sp³-hybridized carbons (Fsp3) is 0.500. The van der Waals surface area contributed by atoms with Crippen molar-refractivity contribution in [1.29, 1.82) is 0 Å². The van der Waals surface area contributed by atoms with Crippen LogP contribution in [0.15, 0.2) is 18.2 Å². The zero-order valence-electron chi connectivity index (χ0n) is 11.5. The molecule has 0 aliphatic rings. The zero-order valence-corrected chi connectivity index (χ0v) is 14.4. The molecule has 0 fully saturated rings. The lowest BCUT2D eigenvalue weighted by Crippen LogP contribution is -2.32. The van der Waals surface area contributed by atoms with Gasteiger partial charge in [-0.05, 0) is 52.6 Å². The van der Waals surface area contributed by atoms with E-state index in [2.05, 4.69) is 48.7 Å².